The van der Waals surface area contributed by atoms with Gasteiger partial charge in [-0.15, -0.1) is 0 Å². The quantitative estimate of drug-likeness (QED) is 0.680. The first-order valence-electron chi connectivity index (χ1n) is 6.77. The fraction of sp³-hybridized carbons (Fsp3) is 0.188. The average molecular weight is 299 g/mol. The lowest BCUT2D eigenvalue weighted by Gasteiger charge is -2.17. The molecule has 1 amide bonds. The third kappa shape index (κ3) is 3.82. The Labute approximate surface area is 128 Å². The number of non-ortho nitro benzene ring substituents is 1. The van der Waals surface area contributed by atoms with Crippen LogP contribution in [0, 0.1) is 10.1 Å². The molecule has 6 nitrogen and oxygen atoms in total. The van der Waals surface area contributed by atoms with Crippen LogP contribution >= 0.6 is 0 Å². The molecule has 1 N–H and O–H groups in total. The maximum absolute atomic E-state index is 12.1. The number of hydrogen-bond donors (Lipinski definition) is 1. The van der Waals surface area contributed by atoms with Gasteiger partial charge in [-0.3, -0.25) is 14.9 Å². The van der Waals surface area contributed by atoms with E-state index in [1.807, 2.05) is 44.4 Å². The Balaban J connectivity index is 2.21. The maximum atomic E-state index is 12.1. The van der Waals surface area contributed by atoms with Gasteiger partial charge in [-0.05, 0) is 11.6 Å². The summed E-state index contributed by atoms with van der Waals surface area (Å²) in [5, 5.41) is 13.6. The summed E-state index contributed by atoms with van der Waals surface area (Å²) < 4.78 is 0. The van der Waals surface area contributed by atoms with Crippen molar-refractivity contribution in [1.29, 1.82) is 0 Å². The van der Waals surface area contributed by atoms with Crippen molar-refractivity contribution in [2.24, 2.45) is 0 Å². The molecule has 0 fully saturated rings. The van der Waals surface area contributed by atoms with Crippen LogP contribution in [0.15, 0.2) is 48.5 Å². The summed E-state index contributed by atoms with van der Waals surface area (Å²) in [5.41, 5.74) is 1.98. The third-order valence-corrected chi connectivity index (χ3v) is 3.15. The SMILES string of the molecule is CN(C)c1ccc([N+](=O)[O-])cc1NC(=O)Cc1ccccc1. The third-order valence-electron chi connectivity index (χ3n) is 3.15. The van der Waals surface area contributed by atoms with E-state index in [0.717, 1.165) is 5.56 Å². The Bertz CT molecular complexity index is 684. The van der Waals surface area contributed by atoms with Crippen molar-refractivity contribution >= 4 is 23.0 Å². The Hall–Kier alpha value is -2.89. The van der Waals surface area contributed by atoms with Crippen molar-refractivity contribution in [3.8, 4) is 0 Å². The van der Waals surface area contributed by atoms with Crippen molar-refractivity contribution in [3.63, 3.8) is 0 Å². The van der Waals surface area contributed by atoms with Crippen molar-refractivity contribution < 1.29 is 9.72 Å². The van der Waals surface area contributed by atoms with E-state index in [0.29, 0.717) is 11.4 Å². The average Bonchev–Trinajstić information content (AvgIpc) is 2.47. The number of nitro groups is 1. The Morgan fingerprint density at radius 1 is 1.18 bits per heavy atom. The number of nitrogens with zero attached hydrogens (tertiary/aromatic N) is 2. The van der Waals surface area contributed by atoms with Gasteiger partial charge in [0.15, 0.2) is 0 Å². The number of anilines is 2. The predicted molar refractivity (Wildman–Crippen MR) is 86.2 cm³/mol. The molecule has 2 aromatic carbocycles. The second-order valence-electron chi connectivity index (χ2n) is 5.06. The highest BCUT2D eigenvalue weighted by Gasteiger charge is 2.14. The molecule has 2 rings (SSSR count). The van der Waals surface area contributed by atoms with Gasteiger partial charge < -0.3 is 10.2 Å². The summed E-state index contributed by atoms with van der Waals surface area (Å²) in [6.45, 7) is 0. The van der Waals surface area contributed by atoms with E-state index >= 15 is 0 Å². The maximum Gasteiger partial charge on any atom is 0.271 e. The van der Waals surface area contributed by atoms with E-state index in [1.165, 1.54) is 12.1 Å². The number of amides is 1. The van der Waals surface area contributed by atoms with Crippen LogP contribution in [0.25, 0.3) is 0 Å². The highest BCUT2D eigenvalue weighted by molar-refractivity contribution is 5.96. The minimum absolute atomic E-state index is 0.0550. The van der Waals surface area contributed by atoms with Crippen molar-refractivity contribution in [2.45, 2.75) is 6.42 Å². The number of carbonyl (C=O) groups is 1. The van der Waals surface area contributed by atoms with Gasteiger partial charge in [0, 0.05) is 26.2 Å². The minimum Gasteiger partial charge on any atom is -0.376 e. The van der Waals surface area contributed by atoms with Gasteiger partial charge in [0.2, 0.25) is 5.91 Å². The number of nitro benzene ring substituents is 1. The normalized spacial score (nSPS) is 10.1. The zero-order valence-corrected chi connectivity index (χ0v) is 12.4. The molecule has 0 bridgehead atoms. The molecule has 2 aromatic rings. The lowest BCUT2D eigenvalue weighted by Crippen LogP contribution is -2.18. The number of hydrogen-bond acceptors (Lipinski definition) is 4. The lowest BCUT2D eigenvalue weighted by atomic mass is 10.1. The van der Waals surface area contributed by atoms with Crippen LogP contribution in [-0.2, 0) is 11.2 Å². The van der Waals surface area contributed by atoms with E-state index < -0.39 is 4.92 Å². The van der Waals surface area contributed by atoms with Crippen LogP contribution < -0.4 is 10.2 Å². The van der Waals surface area contributed by atoms with Crippen molar-refractivity contribution in [1.82, 2.24) is 0 Å². The first kappa shape index (κ1) is 15.5. The summed E-state index contributed by atoms with van der Waals surface area (Å²) in [6, 6.07) is 13.7. The summed E-state index contributed by atoms with van der Waals surface area (Å²) in [4.78, 5) is 24.3. The summed E-state index contributed by atoms with van der Waals surface area (Å²) >= 11 is 0. The van der Waals surface area contributed by atoms with Gasteiger partial charge in [-0.1, -0.05) is 30.3 Å². The molecule has 0 unspecified atom stereocenters. The summed E-state index contributed by atoms with van der Waals surface area (Å²) in [5.74, 6) is -0.213. The zero-order chi connectivity index (χ0) is 16.1. The standard InChI is InChI=1S/C16H17N3O3/c1-18(2)15-9-8-13(19(21)22)11-14(15)17-16(20)10-12-6-4-3-5-7-12/h3-9,11H,10H2,1-2H3,(H,17,20). The highest BCUT2D eigenvalue weighted by Crippen LogP contribution is 2.29. The van der Waals surface area contributed by atoms with E-state index in [4.69, 9.17) is 0 Å². The summed E-state index contributed by atoms with van der Waals surface area (Å²) in [6.07, 6.45) is 0.219. The first-order valence-corrected chi connectivity index (χ1v) is 6.77. The molecule has 0 aliphatic rings. The van der Waals surface area contributed by atoms with Crippen molar-refractivity contribution in [2.75, 3.05) is 24.3 Å². The van der Waals surface area contributed by atoms with Crippen LogP contribution in [0.3, 0.4) is 0 Å². The van der Waals surface area contributed by atoms with Gasteiger partial charge in [0.05, 0.1) is 22.7 Å². The summed E-state index contributed by atoms with van der Waals surface area (Å²) in [7, 11) is 3.63. The smallest absolute Gasteiger partial charge is 0.271 e. The largest absolute Gasteiger partial charge is 0.376 e. The molecule has 0 radical (unpaired) electrons. The lowest BCUT2D eigenvalue weighted by molar-refractivity contribution is -0.384. The second kappa shape index (κ2) is 6.71. The Morgan fingerprint density at radius 3 is 2.45 bits per heavy atom. The van der Waals surface area contributed by atoms with E-state index in [2.05, 4.69) is 5.32 Å². The monoisotopic (exact) mass is 299 g/mol. The zero-order valence-electron chi connectivity index (χ0n) is 12.4. The van der Waals surface area contributed by atoms with Crippen LogP contribution in [0.4, 0.5) is 17.1 Å². The van der Waals surface area contributed by atoms with Crippen LogP contribution in [0.5, 0.6) is 0 Å². The van der Waals surface area contributed by atoms with Crippen LogP contribution in [-0.4, -0.2) is 24.9 Å². The molecule has 0 atom stereocenters. The number of rotatable bonds is 5. The van der Waals surface area contributed by atoms with Gasteiger partial charge in [-0.2, -0.15) is 0 Å². The minimum atomic E-state index is -0.480. The first-order chi connectivity index (χ1) is 10.5. The predicted octanol–water partition coefficient (Wildman–Crippen LogP) is 2.84. The van der Waals surface area contributed by atoms with E-state index in [-0.39, 0.29) is 18.0 Å². The van der Waals surface area contributed by atoms with Gasteiger partial charge in [0.1, 0.15) is 0 Å². The number of nitrogens with one attached hydrogen (secondary N) is 1. The second-order valence-corrected chi connectivity index (χ2v) is 5.06. The van der Waals surface area contributed by atoms with E-state index in [1.54, 1.807) is 11.0 Å². The van der Waals surface area contributed by atoms with Gasteiger partial charge in [-0.25, -0.2) is 0 Å². The van der Waals surface area contributed by atoms with Crippen LogP contribution in [0.1, 0.15) is 5.56 Å². The highest BCUT2D eigenvalue weighted by atomic mass is 16.6. The molecule has 0 heterocycles. The molecule has 0 aromatic heterocycles. The number of benzene rings is 2. The fourth-order valence-electron chi connectivity index (χ4n) is 2.10. The molecule has 0 aliphatic heterocycles. The van der Waals surface area contributed by atoms with Gasteiger partial charge in [0.25, 0.3) is 5.69 Å². The molecule has 0 aliphatic carbocycles. The molecule has 0 saturated heterocycles. The van der Waals surface area contributed by atoms with Crippen LogP contribution in [0.2, 0.25) is 0 Å². The molecular formula is C16H17N3O3. The molecule has 0 saturated carbocycles. The van der Waals surface area contributed by atoms with Crippen molar-refractivity contribution in [3.05, 3.63) is 64.2 Å². The molecule has 22 heavy (non-hydrogen) atoms. The Morgan fingerprint density at radius 2 is 1.86 bits per heavy atom. The molecular weight excluding hydrogens is 282 g/mol. The topological polar surface area (TPSA) is 75.5 Å². The van der Waals surface area contributed by atoms with Gasteiger partial charge >= 0.3 is 0 Å². The molecule has 6 heteroatoms. The molecule has 114 valence electrons. The molecule has 0 spiro atoms. The Kier molecular flexibility index (Phi) is 4.73. The number of carbonyl (C=O) groups excluding carboxylic acids is 1. The fourth-order valence-corrected chi connectivity index (χ4v) is 2.10. The van der Waals surface area contributed by atoms with E-state index in [9.17, 15) is 14.9 Å².